The SMILES string of the molecule is CC(C)=CC(=O)c1cc([N+](=O)[O-])ccc1NCc1ccccc1. The molecule has 0 saturated carbocycles. The number of nitrogens with zero attached hydrogens (tertiary/aromatic N) is 1. The number of benzene rings is 2. The summed E-state index contributed by atoms with van der Waals surface area (Å²) in [6.45, 7) is 4.16. The van der Waals surface area contributed by atoms with Gasteiger partial charge in [-0.25, -0.2) is 0 Å². The van der Waals surface area contributed by atoms with E-state index < -0.39 is 4.92 Å². The lowest BCUT2D eigenvalue weighted by Gasteiger charge is -2.10. The molecule has 0 aliphatic carbocycles. The number of hydrogen-bond donors (Lipinski definition) is 1. The molecular weight excluding hydrogens is 292 g/mol. The zero-order valence-corrected chi connectivity index (χ0v) is 13.1. The van der Waals surface area contributed by atoms with Gasteiger partial charge >= 0.3 is 0 Å². The summed E-state index contributed by atoms with van der Waals surface area (Å²) in [6.07, 6.45) is 1.48. The fourth-order valence-corrected chi connectivity index (χ4v) is 2.14. The molecule has 5 nitrogen and oxygen atoms in total. The number of anilines is 1. The van der Waals surface area contributed by atoms with E-state index in [0.717, 1.165) is 11.1 Å². The summed E-state index contributed by atoms with van der Waals surface area (Å²) in [7, 11) is 0. The normalized spacial score (nSPS) is 10.0. The van der Waals surface area contributed by atoms with Gasteiger partial charge < -0.3 is 5.32 Å². The highest BCUT2D eigenvalue weighted by molar-refractivity contribution is 6.09. The first-order valence-electron chi connectivity index (χ1n) is 7.23. The van der Waals surface area contributed by atoms with Gasteiger partial charge in [-0.3, -0.25) is 14.9 Å². The van der Waals surface area contributed by atoms with Crippen LogP contribution in [0, 0.1) is 10.1 Å². The zero-order chi connectivity index (χ0) is 16.8. The van der Waals surface area contributed by atoms with E-state index in [1.54, 1.807) is 6.07 Å². The van der Waals surface area contributed by atoms with Crippen molar-refractivity contribution in [3.05, 3.63) is 81.4 Å². The maximum atomic E-state index is 12.3. The van der Waals surface area contributed by atoms with Crippen LogP contribution in [0.3, 0.4) is 0 Å². The highest BCUT2D eigenvalue weighted by atomic mass is 16.6. The number of nitro benzene ring substituents is 1. The largest absolute Gasteiger partial charge is 0.380 e. The minimum atomic E-state index is -0.500. The summed E-state index contributed by atoms with van der Waals surface area (Å²) in [6, 6.07) is 14.0. The quantitative estimate of drug-likeness (QED) is 0.372. The molecular formula is C18H18N2O3. The summed E-state index contributed by atoms with van der Waals surface area (Å²) >= 11 is 0. The van der Waals surface area contributed by atoms with E-state index in [2.05, 4.69) is 5.32 Å². The van der Waals surface area contributed by atoms with Gasteiger partial charge in [-0.15, -0.1) is 0 Å². The van der Waals surface area contributed by atoms with Crippen molar-refractivity contribution in [3.8, 4) is 0 Å². The number of allylic oxidation sites excluding steroid dienone is 2. The number of non-ortho nitro benzene ring substituents is 1. The van der Waals surface area contributed by atoms with Crippen molar-refractivity contribution in [2.45, 2.75) is 20.4 Å². The Hall–Kier alpha value is -2.95. The second-order valence-electron chi connectivity index (χ2n) is 5.41. The summed E-state index contributed by atoms with van der Waals surface area (Å²) in [5.41, 5.74) is 2.70. The Labute approximate surface area is 134 Å². The summed E-state index contributed by atoms with van der Waals surface area (Å²) < 4.78 is 0. The maximum absolute atomic E-state index is 12.3. The molecule has 0 atom stereocenters. The number of carbonyl (C=O) groups excluding carboxylic acids is 1. The van der Waals surface area contributed by atoms with Crippen LogP contribution < -0.4 is 5.32 Å². The molecule has 0 amide bonds. The van der Waals surface area contributed by atoms with Gasteiger partial charge in [0.15, 0.2) is 5.78 Å². The first-order valence-corrected chi connectivity index (χ1v) is 7.23. The fourth-order valence-electron chi connectivity index (χ4n) is 2.14. The average Bonchev–Trinajstić information content (AvgIpc) is 2.53. The van der Waals surface area contributed by atoms with E-state index in [9.17, 15) is 14.9 Å². The lowest BCUT2D eigenvalue weighted by molar-refractivity contribution is -0.384. The number of nitrogens with one attached hydrogen (secondary N) is 1. The Bertz CT molecular complexity index is 748. The van der Waals surface area contributed by atoms with E-state index in [1.165, 1.54) is 18.2 Å². The second kappa shape index (κ2) is 7.35. The molecule has 118 valence electrons. The molecule has 2 aromatic carbocycles. The monoisotopic (exact) mass is 310 g/mol. The average molecular weight is 310 g/mol. The number of nitro groups is 1. The molecule has 0 heterocycles. The summed E-state index contributed by atoms with van der Waals surface area (Å²) in [4.78, 5) is 22.8. The van der Waals surface area contributed by atoms with Gasteiger partial charge in [0.2, 0.25) is 0 Å². The van der Waals surface area contributed by atoms with Crippen molar-refractivity contribution in [3.63, 3.8) is 0 Å². The minimum absolute atomic E-state index is 0.0965. The van der Waals surface area contributed by atoms with Gasteiger partial charge in [-0.1, -0.05) is 35.9 Å². The van der Waals surface area contributed by atoms with Crippen LogP contribution in [0.2, 0.25) is 0 Å². The molecule has 0 aromatic heterocycles. The van der Waals surface area contributed by atoms with Gasteiger partial charge in [0.1, 0.15) is 0 Å². The number of rotatable bonds is 6. The summed E-state index contributed by atoms with van der Waals surface area (Å²) in [5.74, 6) is -0.246. The van der Waals surface area contributed by atoms with Gasteiger partial charge in [0.05, 0.1) is 10.5 Å². The Morgan fingerprint density at radius 1 is 1.17 bits per heavy atom. The predicted octanol–water partition coefficient (Wildman–Crippen LogP) is 4.36. The molecule has 2 rings (SSSR count). The van der Waals surface area contributed by atoms with Gasteiger partial charge in [0, 0.05) is 24.4 Å². The Morgan fingerprint density at radius 2 is 1.87 bits per heavy atom. The van der Waals surface area contributed by atoms with Gasteiger partial charge in [0.25, 0.3) is 5.69 Å². The third-order valence-electron chi connectivity index (χ3n) is 3.22. The number of carbonyl (C=O) groups is 1. The molecule has 0 spiro atoms. The van der Waals surface area contributed by atoms with Crippen LogP contribution in [0.1, 0.15) is 29.8 Å². The molecule has 0 aliphatic heterocycles. The van der Waals surface area contributed by atoms with E-state index in [1.807, 2.05) is 44.2 Å². The van der Waals surface area contributed by atoms with Crippen molar-refractivity contribution < 1.29 is 9.72 Å². The molecule has 5 heteroatoms. The van der Waals surface area contributed by atoms with E-state index in [-0.39, 0.29) is 11.5 Å². The highest BCUT2D eigenvalue weighted by Gasteiger charge is 2.15. The molecule has 0 bridgehead atoms. The molecule has 0 fully saturated rings. The van der Waals surface area contributed by atoms with Crippen molar-refractivity contribution in [1.82, 2.24) is 0 Å². The van der Waals surface area contributed by atoms with E-state index in [4.69, 9.17) is 0 Å². The predicted molar refractivity (Wildman–Crippen MR) is 90.6 cm³/mol. The van der Waals surface area contributed by atoms with Crippen LogP contribution in [0.4, 0.5) is 11.4 Å². The van der Waals surface area contributed by atoms with Crippen molar-refractivity contribution in [2.24, 2.45) is 0 Å². The standard InChI is InChI=1S/C18H18N2O3/c1-13(2)10-18(21)16-11-15(20(22)23)8-9-17(16)19-12-14-6-4-3-5-7-14/h3-11,19H,12H2,1-2H3. The molecule has 0 radical (unpaired) electrons. The Morgan fingerprint density at radius 3 is 2.48 bits per heavy atom. The Kier molecular flexibility index (Phi) is 5.25. The van der Waals surface area contributed by atoms with Crippen molar-refractivity contribution in [1.29, 1.82) is 0 Å². The Balaban J connectivity index is 2.32. The molecule has 2 aromatic rings. The van der Waals surface area contributed by atoms with E-state index >= 15 is 0 Å². The minimum Gasteiger partial charge on any atom is -0.380 e. The maximum Gasteiger partial charge on any atom is 0.270 e. The first kappa shape index (κ1) is 16.4. The fraction of sp³-hybridized carbons (Fsp3) is 0.167. The molecule has 0 unspecified atom stereocenters. The first-order chi connectivity index (χ1) is 11.0. The molecule has 23 heavy (non-hydrogen) atoms. The van der Waals surface area contributed by atoms with Crippen LogP contribution in [0.15, 0.2) is 60.2 Å². The number of hydrogen-bond acceptors (Lipinski definition) is 4. The van der Waals surface area contributed by atoms with Crippen molar-refractivity contribution in [2.75, 3.05) is 5.32 Å². The molecule has 0 aliphatic rings. The van der Waals surface area contributed by atoms with Crippen LogP contribution in [0.25, 0.3) is 0 Å². The van der Waals surface area contributed by atoms with E-state index in [0.29, 0.717) is 17.8 Å². The third-order valence-corrected chi connectivity index (χ3v) is 3.22. The highest BCUT2D eigenvalue weighted by Crippen LogP contribution is 2.24. The van der Waals surface area contributed by atoms with Gasteiger partial charge in [-0.2, -0.15) is 0 Å². The van der Waals surface area contributed by atoms with Gasteiger partial charge in [-0.05, 0) is 31.6 Å². The van der Waals surface area contributed by atoms with Crippen molar-refractivity contribution >= 4 is 17.2 Å². The smallest absolute Gasteiger partial charge is 0.270 e. The zero-order valence-electron chi connectivity index (χ0n) is 13.1. The molecule has 0 saturated heterocycles. The topological polar surface area (TPSA) is 72.2 Å². The summed E-state index contributed by atoms with van der Waals surface area (Å²) in [5, 5.41) is 14.1. The van der Waals surface area contributed by atoms with Crippen LogP contribution in [0.5, 0.6) is 0 Å². The third kappa shape index (κ3) is 4.51. The lowest BCUT2D eigenvalue weighted by atomic mass is 10.1. The number of ketones is 1. The lowest BCUT2D eigenvalue weighted by Crippen LogP contribution is -2.06. The molecule has 1 N–H and O–H groups in total. The second-order valence-corrected chi connectivity index (χ2v) is 5.41. The van der Waals surface area contributed by atoms with Crippen LogP contribution >= 0.6 is 0 Å². The van der Waals surface area contributed by atoms with Crippen LogP contribution in [-0.2, 0) is 6.54 Å². The van der Waals surface area contributed by atoms with Crippen LogP contribution in [-0.4, -0.2) is 10.7 Å².